The normalized spacial score (nSPS) is 25.8. The topological polar surface area (TPSA) is 111 Å². The number of piperazine rings is 1. The molecule has 1 N–H and O–H groups in total. The van der Waals surface area contributed by atoms with Crippen LogP contribution >= 0.6 is 23.2 Å². The third kappa shape index (κ3) is 4.97. The van der Waals surface area contributed by atoms with E-state index in [9.17, 15) is 9.90 Å². The minimum absolute atomic E-state index is 0.0592. The van der Waals surface area contributed by atoms with Crippen molar-refractivity contribution in [1.82, 2.24) is 19.4 Å². The van der Waals surface area contributed by atoms with Gasteiger partial charge >= 0.3 is 5.97 Å². The lowest BCUT2D eigenvalue weighted by molar-refractivity contribution is -0.0716. The number of halogens is 2. The molecule has 0 radical (unpaired) electrons. The molecule has 3 fully saturated rings. The zero-order valence-electron chi connectivity index (χ0n) is 24.5. The Bertz CT molecular complexity index is 1800. The lowest BCUT2D eigenvalue weighted by Crippen LogP contribution is -2.59. The lowest BCUT2D eigenvalue weighted by atomic mass is 10.0. The van der Waals surface area contributed by atoms with E-state index in [1.165, 1.54) is 6.07 Å². The van der Waals surface area contributed by atoms with E-state index in [0.29, 0.717) is 64.6 Å². The number of anilines is 1. The molecule has 45 heavy (non-hydrogen) atoms. The van der Waals surface area contributed by atoms with E-state index in [1.807, 2.05) is 25.1 Å². The van der Waals surface area contributed by atoms with Gasteiger partial charge in [-0.15, -0.1) is 0 Å². The predicted molar refractivity (Wildman–Crippen MR) is 167 cm³/mol. The first kappa shape index (κ1) is 28.8. The van der Waals surface area contributed by atoms with Crippen LogP contribution in [0.1, 0.15) is 35.2 Å². The van der Waals surface area contributed by atoms with E-state index in [0.717, 1.165) is 37.6 Å². The fraction of sp³-hybridized carbons (Fsp3) is 0.406. The van der Waals surface area contributed by atoms with Gasteiger partial charge in [0.1, 0.15) is 17.0 Å². The van der Waals surface area contributed by atoms with Crippen LogP contribution in [0.3, 0.4) is 0 Å². The number of imidazole rings is 1. The number of aromatic nitrogens is 3. The minimum atomic E-state index is -1.08. The monoisotopic (exact) mass is 651 g/mol. The number of fused-ring (bicyclic) bond motifs is 3. The highest BCUT2D eigenvalue weighted by molar-refractivity contribution is 6.35. The van der Waals surface area contributed by atoms with E-state index in [4.69, 9.17) is 47.1 Å². The number of hydrogen-bond acceptors (Lipinski definition) is 9. The maximum Gasteiger partial charge on any atom is 0.335 e. The molecule has 3 saturated heterocycles. The van der Waals surface area contributed by atoms with Crippen LogP contribution in [-0.2, 0) is 28.4 Å². The largest absolute Gasteiger partial charge is 0.478 e. The van der Waals surface area contributed by atoms with Crippen molar-refractivity contribution in [1.29, 1.82) is 0 Å². The van der Waals surface area contributed by atoms with Gasteiger partial charge < -0.3 is 33.5 Å². The Labute approximate surface area is 269 Å². The average Bonchev–Trinajstić information content (AvgIpc) is 3.71. The van der Waals surface area contributed by atoms with E-state index < -0.39 is 11.8 Å². The van der Waals surface area contributed by atoms with Crippen molar-refractivity contribution in [2.75, 3.05) is 37.8 Å². The van der Waals surface area contributed by atoms with Gasteiger partial charge in [-0.1, -0.05) is 29.3 Å². The van der Waals surface area contributed by atoms with E-state index >= 15 is 0 Å². The summed E-state index contributed by atoms with van der Waals surface area (Å²) in [5.41, 5.74) is 3.03. The molecule has 0 bridgehead atoms. The summed E-state index contributed by atoms with van der Waals surface area (Å²) in [5.74, 6) is 0.0620. The van der Waals surface area contributed by atoms with Gasteiger partial charge in [0.15, 0.2) is 11.5 Å². The molecule has 2 aromatic heterocycles. The van der Waals surface area contributed by atoms with Gasteiger partial charge in [-0.05, 0) is 42.8 Å². The maximum atomic E-state index is 11.8. The summed E-state index contributed by atoms with van der Waals surface area (Å²) in [4.78, 5) is 26.0. The molecule has 0 spiro atoms. The molecule has 4 aromatic rings. The third-order valence-electron chi connectivity index (χ3n) is 9.24. The van der Waals surface area contributed by atoms with Crippen molar-refractivity contribution >= 4 is 45.9 Å². The summed E-state index contributed by atoms with van der Waals surface area (Å²) < 4.78 is 26.7. The SMILES string of the molecule is C[C@]1(c2ccc(Cl)cn2)Oc2cccc(N3CCN(Cc4nc5c(Cl)cc(C(=O)O)cc5n4C[C@@H]4CCO4)[C@@H]4COC[C@H]43)c2O1. The Morgan fingerprint density at radius 3 is 2.71 bits per heavy atom. The molecule has 13 heteroatoms. The fourth-order valence-corrected chi connectivity index (χ4v) is 7.19. The second-order valence-corrected chi connectivity index (χ2v) is 12.8. The van der Waals surface area contributed by atoms with Gasteiger partial charge in [0.25, 0.3) is 5.79 Å². The molecule has 4 aliphatic heterocycles. The number of carbonyl (C=O) groups is 1. The standard InChI is InChI=1S/C32H31Cl2N5O6/c1-32(27-6-5-19(33)13-35-27)44-26-4-2-3-22(30(26)45-32)38-9-8-37(24-16-42-17-25(24)38)15-28-36-29-21(34)11-18(31(40)41)12-23(29)39(28)14-20-7-10-43-20/h2-6,11-13,20,24-25H,7-10,14-17H2,1H3,(H,40,41)/t20-,24+,25+,32-/m0/s1. The first-order valence-corrected chi connectivity index (χ1v) is 15.8. The number of ether oxygens (including phenoxy) is 4. The van der Waals surface area contributed by atoms with Gasteiger partial charge in [0.05, 0.1) is 71.3 Å². The van der Waals surface area contributed by atoms with Crippen LogP contribution in [0.2, 0.25) is 10.0 Å². The molecule has 2 aromatic carbocycles. The summed E-state index contributed by atoms with van der Waals surface area (Å²) in [6.45, 7) is 6.37. The summed E-state index contributed by atoms with van der Waals surface area (Å²) in [6, 6.07) is 12.8. The number of rotatable bonds is 7. The highest BCUT2D eigenvalue weighted by atomic mass is 35.5. The Morgan fingerprint density at radius 1 is 1.11 bits per heavy atom. The molecule has 4 atom stereocenters. The summed E-state index contributed by atoms with van der Waals surface area (Å²) >= 11 is 12.6. The number of benzene rings is 2. The first-order chi connectivity index (χ1) is 21.8. The molecular formula is C32H31Cl2N5O6. The number of aromatic carboxylic acids is 1. The Kier molecular flexibility index (Phi) is 7.07. The fourth-order valence-electron chi connectivity index (χ4n) is 6.82. The summed E-state index contributed by atoms with van der Waals surface area (Å²) in [6.07, 6.45) is 2.59. The predicted octanol–water partition coefficient (Wildman–Crippen LogP) is 4.96. The van der Waals surface area contributed by atoms with Crippen LogP contribution in [0.5, 0.6) is 11.5 Å². The molecule has 11 nitrogen and oxygen atoms in total. The van der Waals surface area contributed by atoms with Gasteiger partial charge in [0, 0.05) is 32.8 Å². The molecule has 4 aliphatic rings. The van der Waals surface area contributed by atoms with Crippen LogP contribution in [0.15, 0.2) is 48.7 Å². The van der Waals surface area contributed by atoms with Crippen LogP contribution in [0.4, 0.5) is 5.69 Å². The van der Waals surface area contributed by atoms with Gasteiger partial charge in [0.2, 0.25) is 0 Å². The highest BCUT2D eigenvalue weighted by Gasteiger charge is 2.46. The van der Waals surface area contributed by atoms with Crippen molar-refractivity contribution < 1.29 is 28.8 Å². The molecule has 0 amide bonds. The van der Waals surface area contributed by atoms with Crippen molar-refractivity contribution in [2.45, 2.75) is 50.4 Å². The molecule has 6 heterocycles. The maximum absolute atomic E-state index is 11.8. The number of nitrogens with zero attached hydrogens (tertiary/aromatic N) is 5. The number of hydrogen-bond donors (Lipinski definition) is 1. The second kappa shape index (κ2) is 11.0. The number of carboxylic acids is 1. The Morgan fingerprint density at radius 2 is 1.96 bits per heavy atom. The van der Waals surface area contributed by atoms with Gasteiger partial charge in [-0.2, -0.15) is 0 Å². The lowest BCUT2D eigenvalue weighted by Gasteiger charge is -2.44. The van der Waals surface area contributed by atoms with Crippen LogP contribution in [0, 0.1) is 0 Å². The Balaban J connectivity index is 1.08. The quantitative estimate of drug-likeness (QED) is 0.294. The smallest absolute Gasteiger partial charge is 0.335 e. The molecule has 0 saturated carbocycles. The summed E-state index contributed by atoms with van der Waals surface area (Å²) in [7, 11) is 0. The average molecular weight is 653 g/mol. The van der Waals surface area contributed by atoms with Gasteiger partial charge in [-0.3, -0.25) is 9.88 Å². The molecular weight excluding hydrogens is 621 g/mol. The van der Waals surface area contributed by atoms with Crippen molar-refractivity contribution in [2.24, 2.45) is 0 Å². The third-order valence-corrected chi connectivity index (χ3v) is 9.75. The van der Waals surface area contributed by atoms with Crippen molar-refractivity contribution in [3.05, 3.63) is 75.8 Å². The van der Waals surface area contributed by atoms with Crippen LogP contribution in [-0.4, -0.2) is 81.6 Å². The van der Waals surface area contributed by atoms with E-state index in [-0.39, 0.29) is 23.8 Å². The highest BCUT2D eigenvalue weighted by Crippen LogP contribution is 2.50. The van der Waals surface area contributed by atoms with Crippen molar-refractivity contribution in [3.8, 4) is 11.5 Å². The Hall–Kier alpha value is -3.61. The summed E-state index contributed by atoms with van der Waals surface area (Å²) in [5, 5.41) is 10.6. The number of pyridine rings is 1. The van der Waals surface area contributed by atoms with Gasteiger partial charge in [-0.25, -0.2) is 9.78 Å². The zero-order valence-corrected chi connectivity index (χ0v) is 26.0. The molecule has 234 valence electrons. The van der Waals surface area contributed by atoms with Crippen LogP contribution < -0.4 is 14.4 Å². The number of carboxylic acid groups (broad SMARTS) is 1. The zero-order chi connectivity index (χ0) is 30.9. The second-order valence-electron chi connectivity index (χ2n) is 12.0. The van der Waals surface area contributed by atoms with E-state index in [2.05, 4.69) is 25.4 Å². The molecule has 0 unspecified atom stereocenters. The number of para-hydroxylation sites is 1. The van der Waals surface area contributed by atoms with Crippen LogP contribution in [0.25, 0.3) is 11.0 Å². The molecule has 0 aliphatic carbocycles. The molecule has 8 rings (SSSR count). The minimum Gasteiger partial charge on any atom is -0.478 e. The van der Waals surface area contributed by atoms with Crippen molar-refractivity contribution in [3.63, 3.8) is 0 Å². The first-order valence-electron chi connectivity index (χ1n) is 15.0. The van der Waals surface area contributed by atoms with E-state index in [1.54, 1.807) is 18.3 Å².